The van der Waals surface area contributed by atoms with Gasteiger partial charge in [-0.05, 0) is 36.8 Å². The van der Waals surface area contributed by atoms with Crippen molar-refractivity contribution in [1.29, 1.82) is 0 Å². The molecule has 0 fully saturated rings. The number of nitrogens with one attached hydrogen (secondary N) is 1. The van der Waals surface area contributed by atoms with Gasteiger partial charge in [-0.25, -0.2) is 13.6 Å². The Morgan fingerprint density at radius 3 is 2.37 bits per heavy atom. The maximum Gasteiger partial charge on any atom is 0.213 e. The first-order valence-electron chi connectivity index (χ1n) is 5.81. The molecule has 0 bridgehead atoms. The highest BCUT2D eigenvalue weighted by Crippen LogP contribution is 2.17. The standard InChI is InChI=1S/C13H16N2O2S2/c1-10-2-7-13(18-10)8-15-12-5-3-11(4-6-12)9-19(14,16)17/h2-7,15H,8-9H2,1H3,(H2,14,16,17). The van der Waals surface area contributed by atoms with Crippen LogP contribution in [0.3, 0.4) is 0 Å². The van der Waals surface area contributed by atoms with Crippen molar-refractivity contribution >= 4 is 27.0 Å². The van der Waals surface area contributed by atoms with Crippen molar-refractivity contribution in [1.82, 2.24) is 0 Å². The minimum absolute atomic E-state index is 0.128. The third-order valence-electron chi connectivity index (χ3n) is 2.58. The second-order valence-electron chi connectivity index (χ2n) is 4.37. The van der Waals surface area contributed by atoms with Gasteiger partial charge in [-0.15, -0.1) is 11.3 Å². The van der Waals surface area contributed by atoms with Gasteiger partial charge in [0.2, 0.25) is 10.0 Å². The number of rotatable bonds is 5. The van der Waals surface area contributed by atoms with E-state index in [9.17, 15) is 8.42 Å². The number of benzene rings is 1. The van der Waals surface area contributed by atoms with Gasteiger partial charge in [0.1, 0.15) is 0 Å². The molecule has 4 nitrogen and oxygen atoms in total. The lowest BCUT2D eigenvalue weighted by Crippen LogP contribution is -2.14. The highest BCUT2D eigenvalue weighted by molar-refractivity contribution is 7.88. The van der Waals surface area contributed by atoms with Gasteiger partial charge in [0.05, 0.1) is 5.75 Å². The second kappa shape index (κ2) is 5.73. The summed E-state index contributed by atoms with van der Waals surface area (Å²) < 4.78 is 21.9. The quantitative estimate of drug-likeness (QED) is 0.890. The number of sulfonamides is 1. The van der Waals surface area contributed by atoms with Crippen molar-refractivity contribution in [3.05, 3.63) is 51.7 Å². The van der Waals surface area contributed by atoms with Crippen LogP contribution in [0.25, 0.3) is 0 Å². The second-order valence-corrected chi connectivity index (χ2v) is 7.36. The van der Waals surface area contributed by atoms with Crippen LogP contribution in [0, 0.1) is 6.92 Å². The number of hydrogen-bond donors (Lipinski definition) is 2. The Morgan fingerprint density at radius 1 is 1.16 bits per heavy atom. The van der Waals surface area contributed by atoms with Crippen LogP contribution in [0.5, 0.6) is 0 Å². The fourth-order valence-corrected chi connectivity index (χ4v) is 3.21. The summed E-state index contributed by atoms with van der Waals surface area (Å²) in [4.78, 5) is 2.56. The minimum atomic E-state index is -3.46. The van der Waals surface area contributed by atoms with Crippen LogP contribution in [0.2, 0.25) is 0 Å². The summed E-state index contributed by atoms with van der Waals surface area (Å²) in [5, 5.41) is 8.29. The van der Waals surface area contributed by atoms with Gasteiger partial charge < -0.3 is 5.32 Å². The number of primary sulfonamides is 1. The van der Waals surface area contributed by atoms with Gasteiger partial charge >= 0.3 is 0 Å². The molecule has 102 valence electrons. The summed E-state index contributed by atoms with van der Waals surface area (Å²) in [6.45, 7) is 2.85. The van der Waals surface area contributed by atoms with Crippen molar-refractivity contribution in [3.8, 4) is 0 Å². The van der Waals surface area contributed by atoms with E-state index in [2.05, 4.69) is 24.4 Å². The first-order chi connectivity index (χ1) is 8.92. The zero-order valence-corrected chi connectivity index (χ0v) is 12.2. The van der Waals surface area contributed by atoms with Crippen LogP contribution in [-0.2, 0) is 22.3 Å². The number of aryl methyl sites for hydroxylation is 1. The van der Waals surface area contributed by atoms with Crippen LogP contribution < -0.4 is 10.5 Å². The highest BCUT2D eigenvalue weighted by atomic mass is 32.2. The van der Waals surface area contributed by atoms with Crippen LogP contribution in [-0.4, -0.2) is 8.42 Å². The van der Waals surface area contributed by atoms with E-state index in [1.165, 1.54) is 9.75 Å². The Labute approximate surface area is 117 Å². The third kappa shape index (κ3) is 4.66. The average molecular weight is 296 g/mol. The molecule has 1 aromatic carbocycles. The molecule has 3 N–H and O–H groups in total. The van der Waals surface area contributed by atoms with E-state index in [0.717, 1.165) is 12.2 Å². The molecule has 1 heterocycles. The van der Waals surface area contributed by atoms with E-state index in [-0.39, 0.29) is 5.75 Å². The zero-order valence-electron chi connectivity index (χ0n) is 10.6. The Hall–Kier alpha value is -1.37. The molecule has 6 heteroatoms. The van der Waals surface area contributed by atoms with Crippen LogP contribution in [0.1, 0.15) is 15.3 Å². The lowest BCUT2D eigenvalue weighted by molar-refractivity contribution is 0.597. The van der Waals surface area contributed by atoms with E-state index >= 15 is 0 Å². The first-order valence-corrected chi connectivity index (χ1v) is 8.34. The Morgan fingerprint density at radius 2 is 1.84 bits per heavy atom. The monoisotopic (exact) mass is 296 g/mol. The molecule has 0 radical (unpaired) electrons. The molecule has 0 saturated heterocycles. The van der Waals surface area contributed by atoms with Crippen LogP contribution in [0.15, 0.2) is 36.4 Å². The van der Waals surface area contributed by atoms with E-state index in [1.807, 2.05) is 12.1 Å². The number of hydrogen-bond acceptors (Lipinski definition) is 4. The van der Waals surface area contributed by atoms with Crippen LogP contribution >= 0.6 is 11.3 Å². The van der Waals surface area contributed by atoms with Gasteiger partial charge in [0.15, 0.2) is 0 Å². The SMILES string of the molecule is Cc1ccc(CNc2ccc(CS(N)(=O)=O)cc2)s1. The number of thiophene rings is 1. The molecule has 0 spiro atoms. The summed E-state index contributed by atoms with van der Waals surface area (Å²) in [5.74, 6) is -0.128. The summed E-state index contributed by atoms with van der Waals surface area (Å²) >= 11 is 1.76. The molecule has 0 aliphatic heterocycles. The van der Waals surface area contributed by atoms with E-state index in [4.69, 9.17) is 5.14 Å². The largest absolute Gasteiger partial charge is 0.380 e. The van der Waals surface area contributed by atoms with Gasteiger partial charge in [0, 0.05) is 22.0 Å². The summed E-state index contributed by atoms with van der Waals surface area (Å²) in [6, 6.07) is 11.5. The highest BCUT2D eigenvalue weighted by Gasteiger charge is 2.04. The fraction of sp³-hybridized carbons (Fsp3) is 0.231. The fourth-order valence-electron chi connectivity index (χ4n) is 1.72. The molecule has 2 aromatic rings. The third-order valence-corrected chi connectivity index (χ3v) is 4.32. The molecule has 0 aliphatic carbocycles. The molecule has 0 unspecified atom stereocenters. The van der Waals surface area contributed by atoms with Crippen LogP contribution in [0.4, 0.5) is 5.69 Å². The predicted octanol–water partition coefficient (Wildman–Crippen LogP) is 2.46. The van der Waals surface area contributed by atoms with Gasteiger partial charge in [-0.2, -0.15) is 0 Å². The van der Waals surface area contributed by atoms with Gasteiger partial charge in [-0.3, -0.25) is 0 Å². The molecule has 0 saturated carbocycles. The van der Waals surface area contributed by atoms with Crippen molar-refractivity contribution < 1.29 is 8.42 Å². The Bertz CT molecular complexity index is 646. The summed E-state index contributed by atoms with van der Waals surface area (Å²) in [5.41, 5.74) is 1.66. The molecule has 2 rings (SSSR count). The maximum absolute atomic E-state index is 11.0. The molecule has 19 heavy (non-hydrogen) atoms. The van der Waals surface area contributed by atoms with Gasteiger partial charge in [0.25, 0.3) is 0 Å². The molecular formula is C13H16N2O2S2. The zero-order chi connectivity index (χ0) is 13.9. The minimum Gasteiger partial charge on any atom is -0.380 e. The lowest BCUT2D eigenvalue weighted by atomic mass is 10.2. The topological polar surface area (TPSA) is 72.2 Å². The number of anilines is 1. The average Bonchev–Trinajstić information content (AvgIpc) is 2.72. The molecule has 0 aliphatic rings. The normalized spacial score (nSPS) is 11.5. The van der Waals surface area contributed by atoms with E-state index < -0.39 is 10.0 Å². The smallest absolute Gasteiger partial charge is 0.213 e. The van der Waals surface area contributed by atoms with Crippen molar-refractivity contribution in [2.45, 2.75) is 19.2 Å². The summed E-state index contributed by atoms with van der Waals surface area (Å²) in [7, 11) is -3.46. The Balaban J connectivity index is 1.95. The van der Waals surface area contributed by atoms with Crippen molar-refractivity contribution in [2.75, 3.05) is 5.32 Å². The lowest BCUT2D eigenvalue weighted by Gasteiger charge is -2.06. The summed E-state index contributed by atoms with van der Waals surface area (Å²) in [6.07, 6.45) is 0. The molecule has 0 atom stereocenters. The maximum atomic E-state index is 11.0. The van der Waals surface area contributed by atoms with E-state index in [1.54, 1.807) is 23.5 Å². The number of nitrogens with two attached hydrogens (primary N) is 1. The molecular weight excluding hydrogens is 280 g/mol. The Kier molecular flexibility index (Phi) is 4.24. The van der Waals surface area contributed by atoms with Crippen molar-refractivity contribution in [3.63, 3.8) is 0 Å². The van der Waals surface area contributed by atoms with E-state index in [0.29, 0.717) is 5.56 Å². The predicted molar refractivity (Wildman–Crippen MR) is 79.6 cm³/mol. The molecule has 1 aromatic heterocycles. The molecule has 0 amide bonds. The van der Waals surface area contributed by atoms with Crippen molar-refractivity contribution in [2.24, 2.45) is 5.14 Å². The first kappa shape index (κ1) is 14.0. The van der Waals surface area contributed by atoms with Gasteiger partial charge in [-0.1, -0.05) is 12.1 Å².